The summed E-state index contributed by atoms with van der Waals surface area (Å²) < 4.78 is 34.0. The van der Waals surface area contributed by atoms with E-state index in [0.29, 0.717) is 37.0 Å². The van der Waals surface area contributed by atoms with Gasteiger partial charge in [-0.05, 0) is 70.5 Å². The molecule has 0 unspecified atom stereocenters. The molecule has 2 aromatic carbocycles. The number of carbonyl (C=O) groups excluding carboxylic acids is 2. The molecule has 0 N–H and O–H groups in total. The number of nitrogens with zero attached hydrogens (tertiary/aromatic N) is 3. The Bertz CT molecular complexity index is 1450. The summed E-state index contributed by atoms with van der Waals surface area (Å²) in [7, 11) is 0.558. The van der Waals surface area contributed by atoms with Crippen LogP contribution in [0.2, 0.25) is 0 Å². The largest absolute Gasteiger partial charge is 0.636 e. The molecule has 43 heavy (non-hydrogen) atoms. The average Bonchev–Trinajstić information content (AvgIpc) is 3.29. The molecule has 11 nitrogen and oxygen atoms in total. The Morgan fingerprint density at radius 2 is 1.60 bits per heavy atom. The van der Waals surface area contributed by atoms with Crippen LogP contribution in [-0.4, -0.2) is 79.2 Å². The van der Waals surface area contributed by atoms with E-state index in [1.807, 2.05) is 52.8 Å². The number of likely N-dealkylation sites (N-methyl/N-ethyl adjacent to an activating group) is 1. The van der Waals surface area contributed by atoms with Crippen molar-refractivity contribution in [2.75, 3.05) is 33.4 Å². The molecule has 2 saturated heterocycles. The number of hydrogen-bond donors (Lipinski definition) is 0. The minimum absolute atomic E-state index is 0.0125. The fraction of sp³-hybridized carbons (Fsp3) is 0.419. The van der Waals surface area contributed by atoms with Crippen molar-refractivity contribution in [3.05, 3.63) is 65.0 Å². The monoisotopic (exact) mass is 589 g/mol. The molecule has 2 aliphatic heterocycles. The second-order valence-corrected chi connectivity index (χ2v) is 11.2. The standard InChI is InChI=1S/C31H36BN3O8/c1-19-22(16-38-24-12-10-23(11-13-24)32-42-27(36)14-35(6)15-28(37)43-32)8-7-9-26(19)29-20(2)33-30(34-21(29)3)39-17-25-18-40-31(4,5)41-25/h7-13,25H,14-18H2,1-6H3/t25-/m0/s1. The Labute approximate surface area is 251 Å². The fourth-order valence-electron chi connectivity index (χ4n) is 5.12. The first kappa shape index (κ1) is 30.5. The zero-order valence-corrected chi connectivity index (χ0v) is 25.3. The molecule has 0 saturated carbocycles. The quantitative estimate of drug-likeness (QED) is 0.361. The number of carbonyl (C=O) groups is 2. The summed E-state index contributed by atoms with van der Waals surface area (Å²) in [6.45, 7) is 10.8. The maximum absolute atomic E-state index is 12.1. The molecule has 0 spiro atoms. The van der Waals surface area contributed by atoms with E-state index in [9.17, 15) is 9.59 Å². The van der Waals surface area contributed by atoms with Gasteiger partial charge >= 0.3 is 25.1 Å². The molecule has 0 radical (unpaired) electrons. The van der Waals surface area contributed by atoms with Crippen LogP contribution in [-0.2, 0) is 35.0 Å². The Morgan fingerprint density at radius 1 is 0.953 bits per heavy atom. The van der Waals surface area contributed by atoms with E-state index in [1.54, 1.807) is 36.2 Å². The zero-order chi connectivity index (χ0) is 30.7. The lowest BCUT2D eigenvalue weighted by Crippen LogP contribution is -2.47. The predicted molar refractivity (Wildman–Crippen MR) is 158 cm³/mol. The molecule has 0 aliphatic carbocycles. The number of benzene rings is 2. The van der Waals surface area contributed by atoms with Gasteiger partial charge in [0.1, 0.15) is 25.1 Å². The van der Waals surface area contributed by atoms with Crippen LogP contribution in [0.15, 0.2) is 42.5 Å². The number of aryl methyl sites for hydroxylation is 2. The molecule has 3 heterocycles. The lowest BCUT2D eigenvalue weighted by atomic mass is 9.78. The van der Waals surface area contributed by atoms with Gasteiger partial charge in [0.15, 0.2) is 5.79 Å². The van der Waals surface area contributed by atoms with E-state index in [1.165, 1.54) is 0 Å². The van der Waals surface area contributed by atoms with Gasteiger partial charge in [0.25, 0.3) is 0 Å². The molecule has 1 aromatic heterocycles. The zero-order valence-electron chi connectivity index (χ0n) is 25.3. The third-order valence-corrected chi connectivity index (χ3v) is 7.25. The Balaban J connectivity index is 1.24. The number of ether oxygens (including phenoxy) is 4. The molecule has 2 fully saturated rings. The van der Waals surface area contributed by atoms with Crippen LogP contribution in [0, 0.1) is 20.8 Å². The maximum atomic E-state index is 12.1. The van der Waals surface area contributed by atoms with Crippen molar-refractivity contribution in [3.63, 3.8) is 0 Å². The van der Waals surface area contributed by atoms with Crippen molar-refractivity contribution in [1.82, 2.24) is 14.9 Å². The number of aromatic nitrogens is 2. The van der Waals surface area contributed by atoms with Gasteiger partial charge in [-0.25, -0.2) is 0 Å². The summed E-state index contributed by atoms with van der Waals surface area (Å²) in [6, 6.07) is 13.3. The van der Waals surface area contributed by atoms with Gasteiger partial charge < -0.3 is 28.3 Å². The van der Waals surface area contributed by atoms with Gasteiger partial charge in [0, 0.05) is 11.0 Å². The molecule has 2 aliphatic rings. The number of rotatable bonds is 8. The second kappa shape index (κ2) is 12.7. The molecule has 226 valence electrons. The summed E-state index contributed by atoms with van der Waals surface area (Å²) >= 11 is 0. The van der Waals surface area contributed by atoms with Crippen molar-refractivity contribution >= 4 is 24.5 Å². The third-order valence-electron chi connectivity index (χ3n) is 7.25. The third kappa shape index (κ3) is 7.51. The topological polar surface area (TPSA) is 119 Å². The van der Waals surface area contributed by atoms with E-state index in [4.69, 9.17) is 28.3 Å². The van der Waals surface area contributed by atoms with Crippen molar-refractivity contribution in [2.45, 2.75) is 53.1 Å². The Morgan fingerprint density at radius 3 is 2.21 bits per heavy atom. The Kier molecular flexibility index (Phi) is 9.00. The molecular weight excluding hydrogens is 553 g/mol. The highest BCUT2D eigenvalue weighted by atomic mass is 16.7. The summed E-state index contributed by atoms with van der Waals surface area (Å²) in [6.07, 6.45) is -0.173. The van der Waals surface area contributed by atoms with Gasteiger partial charge in [0.05, 0.1) is 31.1 Å². The maximum Gasteiger partial charge on any atom is 0.636 e. The normalized spacial score (nSPS) is 18.9. The minimum atomic E-state index is -1.09. The predicted octanol–water partition coefficient (Wildman–Crippen LogP) is 2.91. The van der Waals surface area contributed by atoms with Gasteiger partial charge in [-0.15, -0.1) is 0 Å². The van der Waals surface area contributed by atoms with Gasteiger partial charge in [0.2, 0.25) is 0 Å². The van der Waals surface area contributed by atoms with E-state index in [0.717, 1.165) is 33.6 Å². The van der Waals surface area contributed by atoms with Crippen LogP contribution in [0.25, 0.3) is 11.1 Å². The highest BCUT2D eigenvalue weighted by molar-refractivity contribution is 6.64. The first-order valence-electron chi connectivity index (χ1n) is 14.2. The molecule has 0 amide bonds. The number of hydrogen-bond acceptors (Lipinski definition) is 11. The molecule has 0 bridgehead atoms. The lowest BCUT2D eigenvalue weighted by molar-refractivity contribution is -0.145. The summed E-state index contributed by atoms with van der Waals surface area (Å²) in [5, 5.41) is 0. The fourth-order valence-corrected chi connectivity index (χ4v) is 5.12. The average molecular weight is 589 g/mol. The summed E-state index contributed by atoms with van der Waals surface area (Å²) in [5.74, 6) is -0.925. The summed E-state index contributed by atoms with van der Waals surface area (Å²) in [4.78, 5) is 34.9. The molecule has 3 aromatic rings. The second-order valence-electron chi connectivity index (χ2n) is 11.2. The van der Waals surface area contributed by atoms with Crippen LogP contribution in [0.1, 0.15) is 36.4 Å². The summed E-state index contributed by atoms with van der Waals surface area (Å²) in [5.41, 5.74) is 6.20. The van der Waals surface area contributed by atoms with Crippen LogP contribution >= 0.6 is 0 Å². The van der Waals surface area contributed by atoms with Crippen LogP contribution < -0.4 is 14.9 Å². The lowest BCUT2D eigenvalue weighted by Gasteiger charge is -2.22. The van der Waals surface area contributed by atoms with Crippen LogP contribution in [0.3, 0.4) is 0 Å². The van der Waals surface area contributed by atoms with Crippen molar-refractivity contribution in [2.24, 2.45) is 0 Å². The van der Waals surface area contributed by atoms with Crippen LogP contribution in [0.5, 0.6) is 11.8 Å². The van der Waals surface area contributed by atoms with Crippen molar-refractivity contribution in [3.8, 4) is 22.9 Å². The van der Waals surface area contributed by atoms with Crippen molar-refractivity contribution < 1.29 is 37.8 Å². The van der Waals surface area contributed by atoms with E-state index >= 15 is 0 Å². The SMILES string of the molecule is Cc1nc(OC[C@H]2COC(C)(C)O2)nc(C)c1-c1cccc(COc2ccc(B3OC(=O)CN(C)CC(=O)O3)cc2)c1C. The molecular formula is C31H36BN3O8. The first-order chi connectivity index (χ1) is 20.5. The van der Waals surface area contributed by atoms with Gasteiger partial charge in [-0.2, -0.15) is 9.97 Å². The van der Waals surface area contributed by atoms with Gasteiger partial charge in [-0.3, -0.25) is 14.5 Å². The van der Waals surface area contributed by atoms with Gasteiger partial charge in [-0.1, -0.05) is 30.3 Å². The molecule has 1 atom stereocenters. The highest BCUT2D eigenvalue weighted by Crippen LogP contribution is 2.32. The first-order valence-corrected chi connectivity index (χ1v) is 14.2. The van der Waals surface area contributed by atoms with E-state index in [2.05, 4.69) is 9.97 Å². The highest BCUT2D eigenvalue weighted by Gasteiger charge is 2.34. The molecule has 12 heteroatoms. The minimum Gasteiger partial charge on any atom is -0.494 e. The van der Waals surface area contributed by atoms with Crippen molar-refractivity contribution in [1.29, 1.82) is 0 Å². The smallest absolute Gasteiger partial charge is 0.494 e. The van der Waals surface area contributed by atoms with E-state index < -0.39 is 24.8 Å². The Hall–Kier alpha value is -4.00. The van der Waals surface area contributed by atoms with Crippen LogP contribution in [0.4, 0.5) is 0 Å². The van der Waals surface area contributed by atoms with E-state index in [-0.39, 0.29) is 19.2 Å². The molecule has 5 rings (SSSR count).